The number of phenols is 1. The highest BCUT2D eigenvalue weighted by Crippen LogP contribution is 2.38. The molecule has 7 heteroatoms. The lowest BCUT2D eigenvalue weighted by atomic mass is 9.93. The molecule has 1 atom stereocenters. The number of nitrogens with zero attached hydrogens (tertiary/aromatic N) is 1. The zero-order chi connectivity index (χ0) is 19.9. The third-order valence-corrected chi connectivity index (χ3v) is 6.90. The number of anilines is 1. The fourth-order valence-corrected chi connectivity index (χ4v) is 5.37. The Hall–Kier alpha value is -2.54. The van der Waals surface area contributed by atoms with Crippen molar-refractivity contribution in [3.63, 3.8) is 0 Å². The van der Waals surface area contributed by atoms with Crippen LogP contribution >= 0.6 is 0 Å². The summed E-state index contributed by atoms with van der Waals surface area (Å²) in [5.41, 5.74) is 3.58. The number of carbonyl (C=O) groups excluding carboxylic acids is 1. The average Bonchev–Trinajstić information content (AvgIpc) is 2.60. The molecule has 0 saturated carbocycles. The van der Waals surface area contributed by atoms with Crippen LogP contribution in [0.3, 0.4) is 0 Å². The third-order valence-electron chi connectivity index (χ3n) is 4.97. The number of methoxy groups -OCH3 is 1. The maximum atomic E-state index is 13.4. The monoisotopic (exact) mass is 389 g/mol. The van der Waals surface area contributed by atoms with E-state index in [2.05, 4.69) is 10.8 Å². The van der Waals surface area contributed by atoms with E-state index in [0.717, 1.165) is 23.1 Å². The summed E-state index contributed by atoms with van der Waals surface area (Å²) in [6.07, 6.45) is 1.52. The average molecular weight is 389 g/mol. The highest BCUT2D eigenvalue weighted by atomic mass is 32.2. The summed E-state index contributed by atoms with van der Waals surface area (Å²) in [5, 5.41) is 9.89. The second-order valence-electron chi connectivity index (χ2n) is 6.94. The van der Waals surface area contributed by atoms with Crippen LogP contribution in [0.2, 0.25) is 0 Å². The van der Waals surface area contributed by atoms with Crippen LogP contribution < -0.4 is 4.31 Å². The first-order valence-corrected chi connectivity index (χ1v) is 10.2. The summed E-state index contributed by atoms with van der Waals surface area (Å²) >= 11 is 0. The summed E-state index contributed by atoms with van der Waals surface area (Å²) in [6, 6.07) is 7.39. The van der Waals surface area contributed by atoms with Crippen molar-refractivity contribution in [3.05, 3.63) is 52.6 Å². The first kappa shape index (κ1) is 19.2. The minimum Gasteiger partial charge on any atom is -0.507 e. The van der Waals surface area contributed by atoms with Crippen LogP contribution in [0.25, 0.3) is 0 Å². The number of carbonyl (C=O) groups is 1. The maximum Gasteiger partial charge on any atom is 0.341 e. The molecule has 0 radical (unpaired) electrons. The van der Waals surface area contributed by atoms with Gasteiger partial charge in [0.05, 0.1) is 17.7 Å². The first-order chi connectivity index (χ1) is 12.7. The highest BCUT2D eigenvalue weighted by molar-refractivity contribution is 7.92. The van der Waals surface area contributed by atoms with Gasteiger partial charge in [-0.05, 0) is 74.6 Å². The van der Waals surface area contributed by atoms with Gasteiger partial charge in [0.2, 0.25) is 0 Å². The van der Waals surface area contributed by atoms with Crippen LogP contribution in [0.5, 0.6) is 5.75 Å². The van der Waals surface area contributed by atoms with Crippen LogP contribution in [0, 0.1) is 13.8 Å². The van der Waals surface area contributed by atoms with Gasteiger partial charge in [-0.2, -0.15) is 0 Å². The number of phenolic OH excluding ortho intramolecular Hbond substituents is 1. The Morgan fingerprint density at radius 3 is 2.59 bits per heavy atom. The summed E-state index contributed by atoms with van der Waals surface area (Å²) in [6.45, 7) is 5.80. The van der Waals surface area contributed by atoms with Crippen LogP contribution in [0.1, 0.15) is 40.4 Å². The van der Waals surface area contributed by atoms with Gasteiger partial charge < -0.3 is 9.84 Å². The van der Waals surface area contributed by atoms with Gasteiger partial charge in [0.1, 0.15) is 11.3 Å². The minimum atomic E-state index is -3.92. The second kappa shape index (κ2) is 6.88. The van der Waals surface area contributed by atoms with Gasteiger partial charge in [0.15, 0.2) is 0 Å². The SMILES string of the molecule is COC(=O)c1cc(S(=O)(=O)N2c3cc(C)cc(C)c3CC[C@@H]2C)ccc1O. The normalized spacial score (nSPS) is 16.7. The molecule has 0 aliphatic carbocycles. The van der Waals surface area contributed by atoms with E-state index < -0.39 is 16.0 Å². The van der Waals surface area contributed by atoms with Gasteiger partial charge in [-0.15, -0.1) is 0 Å². The van der Waals surface area contributed by atoms with Crippen molar-refractivity contribution in [2.45, 2.75) is 44.6 Å². The third kappa shape index (κ3) is 3.27. The molecule has 1 N–H and O–H groups in total. The van der Waals surface area contributed by atoms with Crippen molar-refractivity contribution in [2.24, 2.45) is 0 Å². The molecule has 0 amide bonds. The molecule has 3 rings (SSSR count). The molecule has 2 aromatic rings. The molecule has 6 nitrogen and oxygen atoms in total. The molecule has 144 valence electrons. The molecular formula is C20H23NO5S. The zero-order valence-electron chi connectivity index (χ0n) is 15.8. The Bertz CT molecular complexity index is 1010. The van der Waals surface area contributed by atoms with Gasteiger partial charge in [-0.1, -0.05) is 6.07 Å². The van der Waals surface area contributed by atoms with E-state index in [9.17, 15) is 18.3 Å². The number of aromatic hydroxyl groups is 1. The molecule has 1 aliphatic rings. The van der Waals surface area contributed by atoms with Crippen molar-refractivity contribution in [1.82, 2.24) is 0 Å². The molecule has 2 aromatic carbocycles. The Kier molecular flexibility index (Phi) is 4.90. The van der Waals surface area contributed by atoms with Crippen molar-refractivity contribution in [2.75, 3.05) is 11.4 Å². The molecule has 27 heavy (non-hydrogen) atoms. The van der Waals surface area contributed by atoms with Crippen LogP contribution in [0.4, 0.5) is 5.69 Å². The van der Waals surface area contributed by atoms with E-state index in [-0.39, 0.29) is 22.3 Å². The molecular weight excluding hydrogens is 366 g/mol. The van der Waals surface area contributed by atoms with E-state index in [1.807, 2.05) is 26.8 Å². The number of rotatable bonds is 3. The van der Waals surface area contributed by atoms with E-state index in [1.165, 1.54) is 29.6 Å². The Morgan fingerprint density at radius 2 is 1.93 bits per heavy atom. The van der Waals surface area contributed by atoms with Gasteiger partial charge in [0.25, 0.3) is 10.0 Å². The van der Waals surface area contributed by atoms with Crippen molar-refractivity contribution in [3.8, 4) is 5.75 Å². The predicted octanol–water partition coefficient (Wildman–Crippen LogP) is 3.33. The second-order valence-corrected chi connectivity index (χ2v) is 8.75. The molecule has 0 aromatic heterocycles. The number of esters is 1. The first-order valence-electron chi connectivity index (χ1n) is 8.72. The molecule has 0 spiro atoms. The number of sulfonamides is 1. The van der Waals surface area contributed by atoms with Crippen molar-refractivity contribution < 1.29 is 23.1 Å². The lowest BCUT2D eigenvalue weighted by molar-refractivity contribution is 0.0597. The summed E-state index contributed by atoms with van der Waals surface area (Å²) < 4.78 is 33.0. The van der Waals surface area contributed by atoms with Crippen molar-refractivity contribution in [1.29, 1.82) is 0 Å². The lowest BCUT2D eigenvalue weighted by Crippen LogP contribution is -2.42. The Labute approximate surface area is 159 Å². The Morgan fingerprint density at radius 1 is 1.22 bits per heavy atom. The summed E-state index contributed by atoms with van der Waals surface area (Å²) in [5.74, 6) is -1.11. The van der Waals surface area contributed by atoms with E-state index in [0.29, 0.717) is 12.1 Å². The molecule has 1 aliphatic heterocycles. The summed E-state index contributed by atoms with van der Waals surface area (Å²) in [7, 11) is -2.75. The number of fused-ring (bicyclic) bond motifs is 1. The van der Waals surface area contributed by atoms with E-state index in [1.54, 1.807) is 0 Å². The van der Waals surface area contributed by atoms with Gasteiger partial charge in [-0.25, -0.2) is 13.2 Å². The van der Waals surface area contributed by atoms with Crippen LogP contribution in [-0.4, -0.2) is 32.6 Å². The number of hydrogen-bond donors (Lipinski definition) is 1. The number of hydrogen-bond acceptors (Lipinski definition) is 5. The molecule has 0 fully saturated rings. The van der Waals surface area contributed by atoms with Gasteiger partial charge in [-0.3, -0.25) is 4.31 Å². The van der Waals surface area contributed by atoms with Crippen LogP contribution in [-0.2, 0) is 21.2 Å². The van der Waals surface area contributed by atoms with Crippen LogP contribution in [0.15, 0.2) is 35.2 Å². The van der Waals surface area contributed by atoms with E-state index in [4.69, 9.17) is 0 Å². The smallest absolute Gasteiger partial charge is 0.341 e. The number of benzene rings is 2. The van der Waals surface area contributed by atoms with Crippen molar-refractivity contribution >= 4 is 21.7 Å². The van der Waals surface area contributed by atoms with Gasteiger partial charge in [0, 0.05) is 6.04 Å². The van der Waals surface area contributed by atoms with Gasteiger partial charge >= 0.3 is 5.97 Å². The lowest BCUT2D eigenvalue weighted by Gasteiger charge is -2.37. The molecule has 0 unspecified atom stereocenters. The topological polar surface area (TPSA) is 83.9 Å². The fourth-order valence-electron chi connectivity index (χ4n) is 3.63. The zero-order valence-corrected chi connectivity index (χ0v) is 16.6. The highest BCUT2D eigenvalue weighted by Gasteiger charge is 2.35. The van der Waals surface area contributed by atoms with E-state index >= 15 is 0 Å². The largest absolute Gasteiger partial charge is 0.507 e. The molecule has 0 bridgehead atoms. The fraction of sp³-hybridized carbons (Fsp3) is 0.350. The molecule has 0 saturated heterocycles. The summed E-state index contributed by atoms with van der Waals surface area (Å²) in [4.78, 5) is 11.8. The minimum absolute atomic E-state index is 0.0560. The Balaban J connectivity index is 2.18. The predicted molar refractivity (Wildman–Crippen MR) is 103 cm³/mol. The number of ether oxygens (including phenoxy) is 1. The standard InChI is InChI=1S/C20H23NO5S/c1-12-9-13(2)16-7-5-14(3)21(18(16)10-12)27(24,25)15-6-8-19(22)17(11-15)20(23)26-4/h6,8-11,14,22H,5,7H2,1-4H3/t14-/m0/s1. The maximum absolute atomic E-state index is 13.4. The molecule has 1 heterocycles. The number of aryl methyl sites for hydroxylation is 2. The quantitative estimate of drug-likeness (QED) is 0.814.